The smallest absolute Gasteiger partial charge is 0.475 e. The second-order valence-electron chi connectivity index (χ2n) is 8.66. The number of rotatable bonds is 7. The van der Waals surface area contributed by atoms with Crippen LogP contribution in [0.3, 0.4) is 0 Å². The minimum atomic E-state index is -5.08. The summed E-state index contributed by atoms with van der Waals surface area (Å²) in [5, 5.41) is 7.12. The predicted molar refractivity (Wildman–Crippen MR) is 108 cm³/mol. The number of aromatic nitrogens is 1. The highest BCUT2D eigenvalue weighted by molar-refractivity contribution is 5.77. The van der Waals surface area contributed by atoms with Gasteiger partial charge in [0.05, 0.1) is 25.0 Å². The summed E-state index contributed by atoms with van der Waals surface area (Å²) in [4.78, 5) is 27.7. The van der Waals surface area contributed by atoms with Crippen molar-refractivity contribution in [1.29, 1.82) is 0 Å². The molecule has 1 aromatic heterocycles. The number of carboxylic acid groups (broad SMARTS) is 1. The zero-order valence-corrected chi connectivity index (χ0v) is 18.0. The van der Waals surface area contributed by atoms with Gasteiger partial charge in [-0.05, 0) is 50.2 Å². The lowest BCUT2D eigenvalue weighted by atomic mass is 9.91. The number of nitrogens with zero attached hydrogens (tertiary/aromatic N) is 2. The van der Waals surface area contributed by atoms with Crippen LogP contribution in [-0.2, 0) is 25.7 Å². The number of hydrogen-bond donors (Lipinski definition) is 1. The molecule has 3 atom stereocenters. The van der Waals surface area contributed by atoms with Gasteiger partial charge in [0.25, 0.3) is 0 Å². The van der Waals surface area contributed by atoms with Gasteiger partial charge in [-0.25, -0.2) is 4.79 Å². The fourth-order valence-corrected chi connectivity index (χ4v) is 4.09. The van der Waals surface area contributed by atoms with E-state index in [1.165, 1.54) is 12.8 Å². The highest BCUT2D eigenvalue weighted by Crippen LogP contribution is 2.38. The Bertz CT molecular complexity index is 800. The number of amides is 1. The molecule has 2 saturated heterocycles. The van der Waals surface area contributed by atoms with E-state index < -0.39 is 12.1 Å². The van der Waals surface area contributed by atoms with Gasteiger partial charge in [0.15, 0.2) is 0 Å². The van der Waals surface area contributed by atoms with Crippen LogP contribution in [0.1, 0.15) is 37.1 Å². The summed E-state index contributed by atoms with van der Waals surface area (Å²) < 4.78 is 43.5. The van der Waals surface area contributed by atoms with Crippen molar-refractivity contribution in [1.82, 2.24) is 9.88 Å². The Labute approximate surface area is 184 Å². The molecule has 0 spiro atoms. The number of halogens is 3. The summed E-state index contributed by atoms with van der Waals surface area (Å²) in [5.41, 5.74) is 2.01. The third-order valence-corrected chi connectivity index (χ3v) is 6.02. The summed E-state index contributed by atoms with van der Waals surface area (Å²) in [5.74, 6) is -0.764. The summed E-state index contributed by atoms with van der Waals surface area (Å²) in [6.45, 7) is 5.77. The molecule has 0 aromatic carbocycles. The number of aryl methyl sites for hydroxylation is 1. The lowest BCUT2D eigenvalue weighted by Crippen LogP contribution is -2.31. The lowest BCUT2D eigenvalue weighted by Gasteiger charge is -2.20. The molecule has 0 bridgehead atoms. The zero-order chi connectivity index (χ0) is 23.3. The van der Waals surface area contributed by atoms with E-state index in [-0.39, 0.29) is 6.10 Å². The quantitative estimate of drug-likeness (QED) is 0.632. The van der Waals surface area contributed by atoms with Crippen LogP contribution in [0.2, 0.25) is 0 Å². The number of ether oxygens (including phenoxy) is 2. The highest BCUT2D eigenvalue weighted by Gasteiger charge is 2.45. The van der Waals surface area contributed by atoms with Gasteiger partial charge in [-0.3, -0.25) is 9.78 Å². The van der Waals surface area contributed by atoms with Crippen molar-refractivity contribution in [2.75, 3.05) is 26.3 Å². The Morgan fingerprint density at radius 2 is 2.00 bits per heavy atom. The largest absolute Gasteiger partial charge is 0.490 e. The lowest BCUT2D eigenvalue weighted by molar-refractivity contribution is -0.192. The molecule has 3 aliphatic rings. The Morgan fingerprint density at radius 1 is 1.28 bits per heavy atom. The summed E-state index contributed by atoms with van der Waals surface area (Å²) in [7, 11) is 0. The van der Waals surface area contributed by atoms with Crippen LogP contribution in [0.25, 0.3) is 0 Å². The third kappa shape index (κ3) is 7.16. The SMILES string of the molecule is Cc1cccc(COCC[C@H]2CO[C@H]3CN(C(=O)CC4CC4)C[C@@H]23)n1.O=C(O)C(F)(F)F. The second-order valence-corrected chi connectivity index (χ2v) is 8.66. The van der Waals surface area contributed by atoms with Crippen LogP contribution < -0.4 is 0 Å². The van der Waals surface area contributed by atoms with Gasteiger partial charge in [-0.2, -0.15) is 13.2 Å². The number of carbonyl (C=O) groups is 2. The van der Waals surface area contributed by atoms with E-state index in [2.05, 4.69) is 4.98 Å². The van der Waals surface area contributed by atoms with Crippen LogP contribution in [0.4, 0.5) is 13.2 Å². The molecule has 1 amide bonds. The van der Waals surface area contributed by atoms with Crippen molar-refractivity contribution < 1.29 is 37.3 Å². The number of pyridine rings is 1. The van der Waals surface area contributed by atoms with Crippen molar-refractivity contribution in [3.8, 4) is 0 Å². The molecule has 1 aromatic rings. The summed E-state index contributed by atoms with van der Waals surface area (Å²) in [6, 6.07) is 6.01. The normalized spacial score (nSPS) is 24.6. The van der Waals surface area contributed by atoms with Crippen molar-refractivity contribution >= 4 is 11.9 Å². The van der Waals surface area contributed by atoms with Gasteiger partial charge >= 0.3 is 12.1 Å². The van der Waals surface area contributed by atoms with Crippen LogP contribution in [-0.4, -0.2) is 65.5 Å². The zero-order valence-electron chi connectivity index (χ0n) is 18.0. The molecule has 0 radical (unpaired) electrons. The van der Waals surface area contributed by atoms with Gasteiger partial charge in [0.2, 0.25) is 5.91 Å². The van der Waals surface area contributed by atoms with Crippen molar-refractivity contribution in [3.05, 3.63) is 29.6 Å². The Kier molecular flexibility index (Phi) is 8.10. The van der Waals surface area contributed by atoms with E-state index in [0.29, 0.717) is 30.3 Å². The van der Waals surface area contributed by atoms with Crippen LogP contribution in [0.15, 0.2) is 18.2 Å². The molecule has 3 fully saturated rings. The van der Waals surface area contributed by atoms with E-state index in [1.54, 1.807) is 0 Å². The minimum Gasteiger partial charge on any atom is -0.475 e. The third-order valence-electron chi connectivity index (χ3n) is 6.02. The number of aliphatic carboxylic acids is 1. The molecular weight excluding hydrogens is 429 g/mol. The Balaban J connectivity index is 0.000000360. The number of carboxylic acids is 1. The van der Waals surface area contributed by atoms with Gasteiger partial charge in [-0.15, -0.1) is 0 Å². The fourth-order valence-electron chi connectivity index (χ4n) is 4.09. The van der Waals surface area contributed by atoms with E-state index in [1.807, 2.05) is 30.0 Å². The second kappa shape index (κ2) is 10.6. The number of likely N-dealkylation sites (tertiary alicyclic amines) is 1. The maximum Gasteiger partial charge on any atom is 0.490 e. The van der Waals surface area contributed by atoms with Crippen LogP contribution >= 0.6 is 0 Å². The summed E-state index contributed by atoms with van der Waals surface area (Å²) in [6.07, 6.45) is -0.627. The van der Waals surface area contributed by atoms with Crippen molar-refractivity contribution in [2.45, 2.75) is 51.5 Å². The average molecular weight is 458 g/mol. The first-order valence-corrected chi connectivity index (χ1v) is 10.8. The minimum absolute atomic E-state index is 0.242. The molecule has 178 valence electrons. The molecule has 2 aliphatic heterocycles. The molecule has 3 heterocycles. The van der Waals surface area contributed by atoms with E-state index in [4.69, 9.17) is 19.4 Å². The van der Waals surface area contributed by atoms with E-state index in [9.17, 15) is 18.0 Å². The maximum atomic E-state index is 12.3. The van der Waals surface area contributed by atoms with E-state index >= 15 is 0 Å². The monoisotopic (exact) mass is 458 g/mol. The molecule has 4 rings (SSSR count). The first-order chi connectivity index (χ1) is 15.1. The molecule has 1 aliphatic carbocycles. The standard InChI is InChI=1S/C20H28N2O3.C2HF3O2/c1-14-3-2-4-17(21-14)13-24-8-7-16-12-25-19-11-22(10-18(16)19)20(23)9-15-5-6-15;3-2(4,5)1(6)7/h2-4,15-16,18-19H,5-13H2,1H3;(H,6,7)/t16-,18-,19-;/m0./s1. The van der Waals surface area contributed by atoms with Crippen LogP contribution in [0, 0.1) is 24.7 Å². The van der Waals surface area contributed by atoms with Crippen LogP contribution in [0.5, 0.6) is 0 Å². The number of hydrogen-bond acceptors (Lipinski definition) is 5. The average Bonchev–Trinajstić information content (AvgIpc) is 3.29. The number of carbonyl (C=O) groups excluding carboxylic acids is 1. The Hall–Kier alpha value is -2.20. The fraction of sp³-hybridized carbons (Fsp3) is 0.682. The molecular formula is C22H29F3N2O5. The number of alkyl halides is 3. The van der Waals surface area contributed by atoms with Crippen molar-refractivity contribution in [3.63, 3.8) is 0 Å². The Morgan fingerprint density at radius 3 is 2.62 bits per heavy atom. The molecule has 0 unspecified atom stereocenters. The molecule has 1 saturated carbocycles. The first kappa shape index (κ1) is 24.4. The van der Waals surface area contributed by atoms with E-state index in [0.717, 1.165) is 50.5 Å². The van der Waals surface area contributed by atoms with Gasteiger partial charge < -0.3 is 19.5 Å². The van der Waals surface area contributed by atoms with Gasteiger partial charge in [-0.1, -0.05) is 6.07 Å². The number of fused-ring (bicyclic) bond motifs is 1. The maximum absolute atomic E-state index is 12.3. The summed E-state index contributed by atoms with van der Waals surface area (Å²) >= 11 is 0. The first-order valence-electron chi connectivity index (χ1n) is 10.8. The van der Waals surface area contributed by atoms with Gasteiger partial charge in [0, 0.05) is 37.7 Å². The molecule has 7 nitrogen and oxygen atoms in total. The molecule has 32 heavy (non-hydrogen) atoms. The highest BCUT2D eigenvalue weighted by atomic mass is 19.4. The molecule has 10 heteroatoms. The van der Waals surface area contributed by atoms with Crippen molar-refractivity contribution in [2.24, 2.45) is 17.8 Å². The topological polar surface area (TPSA) is 89.0 Å². The predicted octanol–water partition coefficient (Wildman–Crippen LogP) is 3.20. The van der Waals surface area contributed by atoms with Gasteiger partial charge in [0.1, 0.15) is 0 Å². The molecule has 1 N–H and O–H groups in total.